The number of anilines is 1. The van der Waals surface area contributed by atoms with Crippen molar-refractivity contribution in [1.29, 1.82) is 0 Å². The number of nitrogens with zero attached hydrogens (tertiary/aromatic N) is 3. The van der Waals surface area contributed by atoms with Gasteiger partial charge in [0.05, 0.1) is 31.1 Å². The lowest BCUT2D eigenvalue weighted by Crippen LogP contribution is -2.26. The van der Waals surface area contributed by atoms with E-state index in [4.69, 9.17) is 4.74 Å². The van der Waals surface area contributed by atoms with Gasteiger partial charge < -0.3 is 15.4 Å². The van der Waals surface area contributed by atoms with Crippen molar-refractivity contribution >= 4 is 23.0 Å². The van der Waals surface area contributed by atoms with Gasteiger partial charge in [0.25, 0.3) is 5.91 Å². The molecule has 2 aromatic heterocycles. The number of rotatable bonds is 9. The van der Waals surface area contributed by atoms with Gasteiger partial charge in [-0.1, -0.05) is 6.07 Å². The molecular weight excluding hydrogens is 511 g/mol. The summed E-state index contributed by atoms with van der Waals surface area (Å²) in [6.07, 6.45) is -1.90. The van der Waals surface area contributed by atoms with Gasteiger partial charge in [-0.25, -0.2) is 9.50 Å². The number of aryl methyl sites for hydroxylation is 1. The molecular formula is C28H26F3N5O3. The maximum absolute atomic E-state index is 13.3. The molecule has 0 bridgehead atoms. The molecule has 1 fully saturated rings. The fourth-order valence-corrected chi connectivity index (χ4v) is 4.20. The van der Waals surface area contributed by atoms with Gasteiger partial charge in [0, 0.05) is 29.3 Å². The highest BCUT2D eigenvalue weighted by atomic mass is 19.4. The molecule has 0 unspecified atom stereocenters. The van der Waals surface area contributed by atoms with Gasteiger partial charge >= 0.3 is 6.18 Å². The number of carbonyl (C=O) groups is 2. The first-order valence-corrected chi connectivity index (χ1v) is 12.4. The lowest BCUT2D eigenvalue weighted by atomic mass is 10.0. The van der Waals surface area contributed by atoms with Crippen molar-refractivity contribution in [2.45, 2.75) is 38.4 Å². The molecule has 0 atom stereocenters. The van der Waals surface area contributed by atoms with E-state index < -0.39 is 24.9 Å². The van der Waals surface area contributed by atoms with Gasteiger partial charge in [-0.05, 0) is 67.8 Å². The molecule has 2 N–H and O–H groups in total. The summed E-state index contributed by atoms with van der Waals surface area (Å²) in [5, 5.41) is 10.3. The molecule has 4 aromatic rings. The van der Waals surface area contributed by atoms with Crippen LogP contribution in [0.15, 0.2) is 54.7 Å². The number of methoxy groups -OCH3 is 1. The first-order chi connectivity index (χ1) is 18.6. The van der Waals surface area contributed by atoms with E-state index in [1.807, 2.05) is 13.0 Å². The molecule has 11 heteroatoms. The van der Waals surface area contributed by atoms with E-state index >= 15 is 0 Å². The van der Waals surface area contributed by atoms with Crippen LogP contribution in [0.5, 0.6) is 5.75 Å². The number of alkyl halides is 3. The van der Waals surface area contributed by atoms with Crippen LogP contribution < -0.4 is 15.4 Å². The largest absolute Gasteiger partial charge is 0.497 e. The van der Waals surface area contributed by atoms with E-state index in [0.717, 1.165) is 18.4 Å². The topological polar surface area (TPSA) is 97.6 Å². The lowest BCUT2D eigenvalue weighted by molar-refractivity contribution is -0.131. The van der Waals surface area contributed by atoms with Crippen LogP contribution in [-0.2, 0) is 0 Å². The third-order valence-corrected chi connectivity index (χ3v) is 6.46. The zero-order valence-electron chi connectivity index (χ0n) is 21.3. The van der Waals surface area contributed by atoms with Crippen LogP contribution in [0.4, 0.5) is 18.9 Å². The molecule has 8 nitrogen and oxygen atoms in total. The predicted molar refractivity (Wildman–Crippen MR) is 139 cm³/mol. The zero-order valence-corrected chi connectivity index (χ0v) is 21.3. The summed E-state index contributed by atoms with van der Waals surface area (Å²) in [5.41, 5.74) is 3.38. The van der Waals surface area contributed by atoms with Crippen molar-refractivity contribution in [2.75, 3.05) is 19.0 Å². The summed E-state index contributed by atoms with van der Waals surface area (Å²) in [6, 6.07) is 13.4. The van der Waals surface area contributed by atoms with Crippen LogP contribution in [0.25, 0.3) is 16.9 Å². The molecule has 0 saturated heterocycles. The summed E-state index contributed by atoms with van der Waals surface area (Å²) in [6.45, 7) is 1.43. The SMILES string of the molecule is COc1ccc(C(=O)c2cc(NCCC(F)(F)F)c3ncc(-c4ccc(C(=O)NC5CC5)c(C)c4)n3n2)cc1. The number of fused-ring (bicyclic) bond motifs is 1. The number of amides is 1. The number of nitrogens with one attached hydrogen (secondary N) is 2. The minimum absolute atomic E-state index is 0.0265. The fraction of sp³-hybridized carbons (Fsp3) is 0.286. The first kappa shape index (κ1) is 26.2. The van der Waals surface area contributed by atoms with Gasteiger partial charge in [0.1, 0.15) is 11.4 Å². The molecule has 1 saturated carbocycles. The molecule has 0 aliphatic heterocycles. The summed E-state index contributed by atoms with van der Waals surface area (Å²) in [7, 11) is 1.51. The highest BCUT2D eigenvalue weighted by Gasteiger charge is 2.27. The maximum atomic E-state index is 13.3. The Labute approximate surface area is 222 Å². The number of carbonyl (C=O) groups excluding carboxylic acids is 2. The van der Waals surface area contributed by atoms with Crippen molar-refractivity contribution in [3.63, 3.8) is 0 Å². The monoisotopic (exact) mass is 537 g/mol. The van der Waals surface area contributed by atoms with Gasteiger partial charge in [0.15, 0.2) is 5.65 Å². The number of ether oxygens (including phenoxy) is 1. The number of halogens is 3. The Morgan fingerprint density at radius 1 is 1.10 bits per heavy atom. The highest BCUT2D eigenvalue weighted by Crippen LogP contribution is 2.28. The molecule has 1 aliphatic carbocycles. The highest BCUT2D eigenvalue weighted by molar-refractivity contribution is 6.08. The number of aromatic nitrogens is 3. The molecule has 202 valence electrons. The molecule has 39 heavy (non-hydrogen) atoms. The second-order valence-electron chi connectivity index (χ2n) is 9.45. The third-order valence-electron chi connectivity index (χ3n) is 6.46. The lowest BCUT2D eigenvalue weighted by Gasteiger charge is -2.13. The van der Waals surface area contributed by atoms with Gasteiger partial charge in [-0.2, -0.15) is 18.3 Å². The minimum Gasteiger partial charge on any atom is -0.497 e. The third kappa shape index (κ3) is 5.87. The van der Waals surface area contributed by atoms with Crippen molar-refractivity contribution in [3.8, 4) is 17.0 Å². The molecule has 2 heterocycles. The predicted octanol–water partition coefficient (Wildman–Crippen LogP) is 5.20. The normalized spacial score (nSPS) is 13.4. The smallest absolute Gasteiger partial charge is 0.390 e. The standard InChI is InChI=1S/C28H26F3N5O3/c1-16-13-18(5-10-21(16)27(38)34-19-6-7-19)24-15-33-26-23(32-12-11-28(29,30)31)14-22(35-36(24)26)25(37)17-3-8-20(39-2)9-4-17/h3-5,8-10,13-15,19,32H,6-7,11-12H2,1-2H3,(H,34,38). The van der Waals surface area contributed by atoms with E-state index in [9.17, 15) is 22.8 Å². The maximum Gasteiger partial charge on any atom is 0.390 e. The Morgan fingerprint density at radius 2 is 1.85 bits per heavy atom. The molecule has 1 aliphatic rings. The van der Waals surface area contributed by atoms with Gasteiger partial charge in [-0.3, -0.25) is 9.59 Å². The Bertz CT molecular complexity index is 1540. The van der Waals surface area contributed by atoms with Crippen LogP contribution in [0.2, 0.25) is 0 Å². The Morgan fingerprint density at radius 3 is 2.49 bits per heavy atom. The number of imidazole rings is 1. The number of benzene rings is 2. The number of hydrogen-bond acceptors (Lipinski definition) is 6. The van der Waals surface area contributed by atoms with Crippen LogP contribution in [0.1, 0.15) is 51.2 Å². The Kier molecular flexibility index (Phi) is 6.98. The average Bonchev–Trinajstić information content (AvgIpc) is 3.61. The van der Waals surface area contributed by atoms with E-state index in [1.54, 1.807) is 36.4 Å². The number of ketones is 1. The van der Waals surface area contributed by atoms with Crippen LogP contribution in [0, 0.1) is 6.92 Å². The first-order valence-electron chi connectivity index (χ1n) is 12.4. The quantitative estimate of drug-likeness (QED) is 0.285. The van der Waals surface area contributed by atoms with E-state index in [-0.39, 0.29) is 29.0 Å². The van der Waals surface area contributed by atoms with Gasteiger partial charge in [-0.15, -0.1) is 0 Å². The fourth-order valence-electron chi connectivity index (χ4n) is 4.20. The average molecular weight is 538 g/mol. The second-order valence-corrected chi connectivity index (χ2v) is 9.45. The van der Waals surface area contributed by atoms with Crippen molar-refractivity contribution < 1.29 is 27.5 Å². The van der Waals surface area contributed by atoms with Crippen molar-refractivity contribution in [2.24, 2.45) is 0 Å². The summed E-state index contributed by atoms with van der Waals surface area (Å²) in [4.78, 5) is 30.3. The van der Waals surface area contributed by atoms with Crippen LogP contribution in [0.3, 0.4) is 0 Å². The summed E-state index contributed by atoms with van der Waals surface area (Å²) in [5.74, 6) is 0.0219. The minimum atomic E-state index is -4.34. The molecule has 1 amide bonds. The molecule has 5 rings (SSSR count). The van der Waals surface area contributed by atoms with E-state index in [0.29, 0.717) is 28.1 Å². The van der Waals surface area contributed by atoms with Crippen LogP contribution in [-0.4, -0.2) is 52.2 Å². The van der Waals surface area contributed by atoms with E-state index in [1.165, 1.54) is 23.9 Å². The molecule has 0 spiro atoms. The number of hydrogen-bond donors (Lipinski definition) is 2. The Hall–Kier alpha value is -4.41. The second kappa shape index (κ2) is 10.4. The molecule has 2 aromatic carbocycles. The Balaban J connectivity index is 1.54. The molecule has 0 radical (unpaired) electrons. The van der Waals surface area contributed by atoms with E-state index in [2.05, 4.69) is 20.7 Å². The summed E-state index contributed by atoms with van der Waals surface area (Å²) < 4.78 is 45.1. The van der Waals surface area contributed by atoms with Gasteiger partial charge in [0.2, 0.25) is 5.78 Å². The van der Waals surface area contributed by atoms with Crippen molar-refractivity contribution in [1.82, 2.24) is 19.9 Å². The zero-order chi connectivity index (χ0) is 27.7. The summed E-state index contributed by atoms with van der Waals surface area (Å²) >= 11 is 0. The van der Waals surface area contributed by atoms with Crippen molar-refractivity contribution in [3.05, 3.63) is 77.1 Å². The van der Waals surface area contributed by atoms with Crippen LogP contribution >= 0.6 is 0 Å².